The molecule has 0 bridgehead atoms. The number of benzene rings is 2. The number of carbonyl (C=O) groups excluding carboxylic acids is 1. The molecule has 0 aliphatic carbocycles. The van der Waals surface area contributed by atoms with Gasteiger partial charge in [-0.25, -0.2) is 17.8 Å². The fourth-order valence-corrected chi connectivity index (χ4v) is 5.73. The number of rotatable bonds is 8. The van der Waals surface area contributed by atoms with E-state index >= 15 is 0 Å². The highest BCUT2D eigenvalue weighted by Gasteiger charge is 2.27. The van der Waals surface area contributed by atoms with Crippen LogP contribution in [0.5, 0.6) is 5.75 Å². The molecule has 1 amide bonds. The van der Waals surface area contributed by atoms with Crippen molar-refractivity contribution in [1.29, 1.82) is 0 Å². The summed E-state index contributed by atoms with van der Waals surface area (Å²) in [6, 6.07) is 9.87. The first-order chi connectivity index (χ1) is 15.9. The summed E-state index contributed by atoms with van der Waals surface area (Å²) in [5.41, 5.74) is 0.696. The zero-order chi connectivity index (χ0) is 23.4. The van der Waals surface area contributed by atoms with Gasteiger partial charge in [0.15, 0.2) is 15.0 Å². The summed E-state index contributed by atoms with van der Waals surface area (Å²) in [6.07, 6.45) is 0. The average Bonchev–Trinajstić information content (AvgIpc) is 3.22. The Bertz CT molecular complexity index is 1220. The number of thiazole rings is 1. The summed E-state index contributed by atoms with van der Waals surface area (Å²) in [6.45, 7) is 3.57. The van der Waals surface area contributed by atoms with Gasteiger partial charge < -0.3 is 9.47 Å². The lowest BCUT2D eigenvalue weighted by Gasteiger charge is -2.29. The van der Waals surface area contributed by atoms with Crippen molar-refractivity contribution in [3.8, 4) is 5.75 Å². The molecule has 1 aliphatic rings. The van der Waals surface area contributed by atoms with E-state index in [9.17, 15) is 17.6 Å². The van der Waals surface area contributed by atoms with E-state index in [1.54, 1.807) is 19.2 Å². The van der Waals surface area contributed by atoms with Gasteiger partial charge in [-0.1, -0.05) is 11.3 Å². The van der Waals surface area contributed by atoms with Gasteiger partial charge in [0.1, 0.15) is 17.3 Å². The molecule has 0 N–H and O–H groups in total. The Morgan fingerprint density at radius 1 is 1.21 bits per heavy atom. The van der Waals surface area contributed by atoms with Gasteiger partial charge in [0.05, 0.1) is 35.4 Å². The van der Waals surface area contributed by atoms with Gasteiger partial charge >= 0.3 is 0 Å². The molecule has 1 saturated heterocycles. The first kappa shape index (κ1) is 23.6. The molecule has 0 saturated carbocycles. The van der Waals surface area contributed by atoms with Gasteiger partial charge in [-0.05, 0) is 42.5 Å². The molecule has 33 heavy (non-hydrogen) atoms. The minimum atomic E-state index is -3.95. The summed E-state index contributed by atoms with van der Waals surface area (Å²) in [5, 5.41) is 0.422. The predicted molar refractivity (Wildman–Crippen MR) is 124 cm³/mol. The Labute approximate surface area is 195 Å². The standard InChI is InChI=1S/C22H24FN3O5S2/c1-30-17-4-7-19-20(14-17)32-22(24-19)26(9-8-25-10-12-31-13-11-25)21(27)15-33(28,29)18-5-2-16(23)3-6-18/h2-7,14H,8-13,15H2,1H3. The summed E-state index contributed by atoms with van der Waals surface area (Å²) < 4.78 is 50.3. The number of hydrogen-bond donors (Lipinski definition) is 0. The number of fused-ring (bicyclic) bond motifs is 1. The highest BCUT2D eigenvalue weighted by Crippen LogP contribution is 2.32. The highest BCUT2D eigenvalue weighted by molar-refractivity contribution is 7.92. The molecular weight excluding hydrogens is 469 g/mol. The SMILES string of the molecule is COc1ccc2nc(N(CCN3CCOCC3)C(=O)CS(=O)(=O)c3ccc(F)cc3)sc2c1. The van der Waals surface area contributed by atoms with Crippen LogP contribution in [0.15, 0.2) is 47.4 Å². The summed E-state index contributed by atoms with van der Waals surface area (Å²) in [7, 11) is -2.38. The normalized spacial score (nSPS) is 15.0. The van der Waals surface area contributed by atoms with E-state index in [1.807, 2.05) is 6.07 Å². The van der Waals surface area contributed by atoms with Gasteiger partial charge in [0, 0.05) is 26.2 Å². The number of nitrogens with zero attached hydrogens (tertiary/aromatic N) is 3. The third-order valence-corrected chi connectivity index (χ3v) is 8.00. The van der Waals surface area contributed by atoms with Crippen molar-refractivity contribution in [2.75, 3.05) is 57.2 Å². The van der Waals surface area contributed by atoms with Crippen LogP contribution in [0, 0.1) is 5.82 Å². The maximum absolute atomic E-state index is 13.2. The molecule has 0 spiro atoms. The Kier molecular flexibility index (Phi) is 7.23. The molecule has 2 heterocycles. The van der Waals surface area contributed by atoms with Gasteiger partial charge in [0.25, 0.3) is 0 Å². The number of halogens is 1. The highest BCUT2D eigenvalue weighted by atomic mass is 32.2. The van der Waals surface area contributed by atoms with Crippen LogP contribution in [-0.2, 0) is 19.4 Å². The number of sulfone groups is 1. The van der Waals surface area contributed by atoms with Crippen molar-refractivity contribution < 1.29 is 27.1 Å². The van der Waals surface area contributed by atoms with Gasteiger partial charge in [-0.15, -0.1) is 0 Å². The van der Waals surface area contributed by atoms with Gasteiger partial charge in [-0.2, -0.15) is 0 Å². The van der Waals surface area contributed by atoms with E-state index in [0.29, 0.717) is 36.2 Å². The molecule has 1 aromatic heterocycles. The number of hydrogen-bond acceptors (Lipinski definition) is 8. The van der Waals surface area contributed by atoms with Crippen LogP contribution in [0.2, 0.25) is 0 Å². The zero-order valence-electron chi connectivity index (χ0n) is 18.1. The number of amides is 1. The van der Waals surface area contributed by atoms with E-state index in [4.69, 9.17) is 9.47 Å². The summed E-state index contributed by atoms with van der Waals surface area (Å²) in [5.74, 6) is -1.19. The first-order valence-corrected chi connectivity index (χ1v) is 12.9. The number of morpholine rings is 1. The lowest BCUT2D eigenvalue weighted by molar-refractivity contribution is -0.116. The van der Waals surface area contributed by atoms with Gasteiger partial charge in [-0.3, -0.25) is 14.6 Å². The second kappa shape index (κ2) is 10.1. The minimum Gasteiger partial charge on any atom is -0.497 e. The lowest BCUT2D eigenvalue weighted by Crippen LogP contribution is -2.44. The molecule has 4 rings (SSSR count). The quantitative estimate of drug-likeness (QED) is 0.446. The minimum absolute atomic E-state index is 0.0978. The number of ether oxygens (including phenoxy) is 2. The van der Waals surface area contributed by atoms with Crippen molar-refractivity contribution in [2.45, 2.75) is 4.90 Å². The van der Waals surface area contributed by atoms with Crippen molar-refractivity contribution in [3.63, 3.8) is 0 Å². The van der Waals surface area contributed by atoms with Crippen molar-refractivity contribution in [2.24, 2.45) is 0 Å². The fourth-order valence-electron chi connectivity index (χ4n) is 3.49. The molecule has 1 aliphatic heterocycles. The van der Waals surface area contributed by atoms with E-state index in [2.05, 4.69) is 9.88 Å². The predicted octanol–water partition coefficient (Wildman–Crippen LogP) is 2.58. The smallest absolute Gasteiger partial charge is 0.244 e. The summed E-state index contributed by atoms with van der Waals surface area (Å²) in [4.78, 5) is 21.3. The van der Waals surface area contributed by atoms with E-state index in [0.717, 1.165) is 29.9 Å². The van der Waals surface area contributed by atoms with Crippen LogP contribution in [0.3, 0.4) is 0 Å². The molecule has 0 radical (unpaired) electrons. The number of aromatic nitrogens is 1. The number of anilines is 1. The molecule has 2 aromatic carbocycles. The average molecular weight is 494 g/mol. The van der Waals surface area contributed by atoms with Crippen LogP contribution in [-0.4, -0.2) is 76.5 Å². The molecule has 176 valence electrons. The van der Waals surface area contributed by atoms with E-state index in [-0.39, 0.29) is 11.4 Å². The zero-order valence-corrected chi connectivity index (χ0v) is 19.7. The Morgan fingerprint density at radius 2 is 1.94 bits per heavy atom. The Morgan fingerprint density at radius 3 is 2.64 bits per heavy atom. The van der Waals surface area contributed by atoms with Crippen molar-refractivity contribution >= 4 is 42.4 Å². The Balaban J connectivity index is 1.60. The monoisotopic (exact) mass is 493 g/mol. The first-order valence-electron chi connectivity index (χ1n) is 10.4. The fraction of sp³-hybridized carbons (Fsp3) is 0.364. The molecule has 1 fully saturated rings. The molecule has 3 aromatic rings. The summed E-state index contributed by atoms with van der Waals surface area (Å²) >= 11 is 1.30. The van der Waals surface area contributed by atoms with E-state index < -0.39 is 27.3 Å². The van der Waals surface area contributed by atoms with Crippen LogP contribution < -0.4 is 9.64 Å². The second-order valence-corrected chi connectivity index (χ2v) is 10.5. The molecule has 0 unspecified atom stereocenters. The maximum atomic E-state index is 13.2. The lowest BCUT2D eigenvalue weighted by atomic mass is 10.3. The largest absolute Gasteiger partial charge is 0.497 e. The van der Waals surface area contributed by atoms with Crippen molar-refractivity contribution in [1.82, 2.24) is 9.88 Å². The van der Waals surface area contributed by atoms with E-state index in [1.165, 1.54) is 28.4 Å². The van der Waals surface area contributed by atoms with Crippen LogP contribution in [0.1, 0.15) is 0 Å². The second-order valence-electron chi connectivity index (χ2n) is 7.54. The topological polar surface area (TPSA) is 89.0 Å². The van der Waals surface area contributed by atoms with Crippen LogP contribution in [0.25, 0.3) is 10.2 Å². The Hall–Kier alpha value is -2.60. The van der Waals surface area contributed by atoms with Gasteiger partial charge in [0.2, 0.25) is 5.91 Å². The third kappa shape index (κ3) is 5.67. The molecular formula is C22H24FN3O5S2. The molecule has 11 heteroatoms. The number of carbonyl (C=O) groups is 1. The van der Waals surface area contributed by atoms with Crippen molar-refractivity contribution in [3.05, 3.63) is 48.3 Å². The molecule has 0 atom stereocenters. The number of methoxy groups -OCH3 is 1. The molecule has 8 nitrogen and oxygen atoms in total. The maximum Gasteiger partial charge on any atom is 0.244 e. The van der Waals surface area contributed by atoms with Crippen LogP contribution >= 0.6 is 11.3 Å². The van der Waals surface area contributed by atoms with Crippen LogP contribution in [0.4, 0.5) is 9.52 Å². The third-order valence-electron chi connectivity index (χ3n) is 5.35.